The van der Waals surface area contributed by atoms with E-state index in [1.54, 1.807) is 0 Å². The summed E-state index contributed by atoms with van der Waals surface area (Å²) in [6.07, 6.45) is 1.09. The highest BCUT2D eigenvalue weighted by atomic mass is 32.2. The second-order valence-corrected chi connectivity index (χ2v) is 6.77. The van der Waals surface area contributed by atoms with Gasteiger partial charge in [-0.05, 0) is 24.6 Å². The molecule has 1 atom stereocenters. The third kappa shape index (κ3) is 3.05. The van der Waals surface area contributed by atoms with Crippen molar-refractivity contribution in [1.82, 2.24) is 4.90 Å². The van der Waals surface area contributed by atoms with Gasteiger partial charge in [0.2, 0.25) is 0 Å². The molecule has 0 aromatic heterocycles. The molecule has 1 aromatic rings. The molecule has 0 spiro atoms. The normalized spacial score (nSPS) is 19.7. The molecule has 1 amide bonds. The minimum Gasteiger partial charge on any atom is -0.399 e. The van der Waals surface area contributed by atoms with Crippen LogP contribution in [0.5, 0.6) is 0 Å². The number of aliphatic hydroxyl groups excluding tert-OH is 1. The van der Waals surface area contributed by atoms with E-state index in [0.29, 0.717) is 13.0 Å². The minimum absolute atomic E-state index is 0.0237. The fourth-order valence-electron chi connectivity index (χ4n) is 2.07. The first-order chi connectivity index (χ1) is 8.77. The standard InChI is InChI=1S/C12H16N2O4S/c1-19(17,18)11-5-8(4-9(13)6-11)12(16)14-3-2-10(15)7-14/h4-6,10,15H,2-3,7,13H2,1H3. The van der Waals surface area contributed by atoms with Gasteiger partial charge in [0, 0.05) is 30.6 Å². The molecular weight excluding hydrogens is 268 g/mol. The lowest BCUT2D eigenvalue weighted by Gasteiger charge is -2.16. The molecule has 19 heavy (non-hydrogen) atoms. The molecule has 0 aliphatic carbocycles. The van der Waals surface area contributed by atoms with Crippen molar-refractivity contribution >= 4 is 21.4 Å². The number of likely N-dealkylation sites (tertiary alicyclic amines) is 1. The number of benzene rings is 1. The van der Waals surface area contributed by atoms with Crippen LogP contribution >= 0.6 is 0 Å². The van der Waals surface area contributed by atoms with Crippen molar-refractivity contribution in [3.63, 3.8) is 0 Å². The van der Waals surface area contributed by atoms with Crippen molar-refractivity contribution in [2.45, 2.75) is 17.4 Å². The molecule has 1 aliphatic rings. The Labute approximate surface area is 111 Å². The first-order valence-electron chi connectivity index (χ1n) is 5.85. The lowest BCUT2D eigenvalue weighted by molar-refractivity contribution is 0.0765. The van der Waals surface area contributed by atoms with Crippen LogP contribution in [0.3, 0.4) is 0 Å². The molecule has 3 N–H and O–H groups in total. The van der Waals surface area contributed by atoms with E-state index < -0.39 is 15.9 Å². The van der Waals surface area contributed by atoms with Crippen LogP contribution in [-0.2, 0) is 9.84 Å². The van der Waals surface area contributed by atoms with Crippen LogP contribution in [0.1, 0.15) is 16.8 Å². The zero-order chi connectivity index (χ0) is 14.2. The highest BCUT2D eigenvalue weighted by Gasteiger charge is 2.26. The number of carbonyl (C=O) groups excluding carboxylic acids is 1. The Kier molecular flexibility index (Phi) is 3.51. The topological polar surface area (TPSA) is 101 Å². The molecule has 1 heterocycles. The van der Waals surface area contributed by atoms with E-state index in [-0.39, 0.29) is 28.6 Å². The van der Waals surface area contributed by atoms with Gasteiger partial charge in [-0.1, -0.05) is 0 Å². The molecule has 6 nitrogen and oxygen atoms in total. The average molecular weight is 284 g/mol. The molecule has 7 heteroatoms. The first-order valence-corrected chi connectivity index (χ1v) is 7.74. The molecular formula is C12H16N2O4S. The van der Waals surface area contributed by atoms with Gasteiger partial charge in [-0.15, -0.1) is 0 Å². The largest absolute Gasteiger partial charge is 0.399 e. The first kappa shape index (κ1) is 13.8. The van der Waals surface area contributed by atoms with Gasteiger partial charge in [0.1, 0.15) is 0 Å². The molecule has 1 fully saturated rings. The lowest BCUT2D eigenvalue weighted by atomic mass is 10.2. The maximum absolute atomic E-state index is 12.2. The Morgan fingerprint density at radius 3 is 2.63 bits per heavy atom. The van der Waals surface area contributed by atoms with Crippen LogP contribution in [0.15, 0.2) is 23.1 Å². The van der Waals surface area contributed by atoms with Gasteiger partial charge in [-0.2, -0.15) is 0 Å². The summed E-state index contributed by atoms with van der Waals surface area (Å²) in [5, 5.41) is 9.42. The highest BCUT2D eigenvalue weighted by molar-refractivity contribution is 7.90. The van der Waals surface area contributed by atoms with Crippen LogP contribution in [-0.4, -0.2) is 49.8 Å². The molecule has 1 aromatic carbocycles. The highest BCUT2D eigenvalue weighted by Crippen LogP contribution is 2.20. The van der Waals surface area contributed by atoms with Gasteiger partial charge < -0.3 is 15.7 Å². The van der Waals surface area contributed by atoms with Gasteiger partial charge in [-0.3, -0.25) is 4.79 Å². The van der Waals surface area contributed by atoms with Gasteiger partial charge in [-0.25, -0.2) is 8.42 Å². The average Bonchev–Trinajstić information content (AvgIpc) is 2.73. The predicted molar refractivity (Wildman–Crippen MR) is 70.5 cm³/mol. The summed E-state index contributed by atoms with van der Waals surface area (Å²) in [5.74, 6) is -0.311. The minimum atomic E-state index is -3.42. The zero-order valence-electron chi connectivity index (χ0n) is 10.5. The molecule has 2 rings (SSSR count). The van der Waals surface area contributed by atoms with E-state index >= 15 is 0 Å². The Hall–Kier alpha value is -1.60. The van der Waals surface area contributed by atoms with E-state index in [2.05, 4.69) is 0 Å². The molecule has 1 unspecified atom stereocenters. The Balaban J connectivity index is 2.35. The summed E-state index contributed by atoms with van der Waals surface area (Å²) in [7, 11) is -3.42. The van der Waals surface area contributed by atoms with Gasteiger partial charge in [0.15, 0.2) is 9.84 Å². The second kappa shape index (κ2) is 4.82. The fraction of sp³-hybridized carbons (Fsp3) is 0.417. The van der Waals surface area contributed by atoms with Crippen molar-refractivity contribution < 1.29 is 18.3 Å². The number of hydrogen-bond donors (Lipinski definition) is 2. The number of carbonyl (C=O) groups is 1. The molecule has 0 radical (unpaired) electrons. The monoisotopic (exact) mass is 284 g/mol. The number of amides is 1. The maximum atomic E-state index is 12.2. The predicted octanol–water partition coefficient (Wildman–Crippen LogP) is -0.121. The number of nitrogens with zero attached hydrogens (tertiary/aromatic N) is 1. The molecule has 104 valence electrons. The van der Waals surface area contributed by atoms with E-state index in [4.69, 9.17) is 5.73 Å². The SMILES string of the molecule is CS(=O)(=O)c1cc(N)cc(C(=O)N2CCC(O)C2)c1. The summed E-state index contributed by atoms with van der Waals surface area (Å²) in [4.78, 5) is 13.7. The maximum Gasteiger partial charge on any atom is 0.254 e. The lowest BCUT2D eigenvalue weighted by Crippen LogP contribution is -2.29. The molecule has 1 saturated heterocycles. The smallest absolute Gasteiger partial charge is 0.254 e. The summed E-state index contributed by atoms with van der Waals surface area (Å²) in [6.45, 7) is 0.727. The summed E-state index contributed by atoms with van der Waals surface area (Å²) < 4.78 is 23.0. The van der Waals surface area contributed by atoms with Crippen LogP contribution < -0.4 is 5.73 Å². The number of anilines is 1. The number of nitrogens with two attached hydrogens (primary N) is 1. The quantitative estimate of drug-likeness (QED) is 0.737. The number of rotatable bonds is 2. The second-order valence-electron chi connectivity index (χ2n) is 4.76. The van der Waals surface area contributed by atoms with Crippen molar-refractivity contribution in [2.75, 3.05) is 25.1 Å². The third-order valence-corrected chi connectivity index (χ3v) is 4.15. The summed E-state index contributed by atoms with van der Waals surface area (Å²) in [6, 6.07) is 4.09. The summed E-state index contributed by atoms with van der Waals surface area (Å²) >= 11 is 0. The Morgan fingerprint density at radius 1 is 1.42 bits per heavy atom. The fourth-order valence-corrected chi connectivity index (χ4v) is 2.76. The molecule has 0 bridgehead atoms. The summed E-state index contributed by atoms with van der Waals surface area (Å²) in [5.41, 5.74) is 6.09. The number of sulfone groups is 1. The van der Waals surface area contributed by atoms with Crippen molar-refractivity contribution in [3.05, 3.63) is 23.8 Å². The van der Waals surface area contributed by atoms with Crippen molar-refractivity contribution in [3.8, 4) is 0 Å². The zero-order valence-corrected chi connectivity index (χ0v) is 11.4. The number of hydrogen-bond acceptors (Lipinski definition) is 5. The van der Waals surface area contributed by atoms with Gasteiger partial charge >= 0.3 is 0 Å². The van der Waals surface area contributed by atoms with Crippen molar-refractivity contribution in [1.29, 1.82) is 0 Å². The van der Waals surface area contributed by atoms with Crippen LogP contribution in [0, 0.1) is 0 Å². The van der Waals surface area contributed by atoms with Gasteiger partial charge in [0.25, 0.3) is 5.91 Å². The van der Waals surface area contributed by atoms with Crippen LogP contribution in [0.2, 0.25) is 0 Å². The molecule has 1 aliphatic heterocycles. The van der Waals surface area contributed by atoms with Crippen molar-refractivity contribution in [2.24, 2.45) is 0 Å². The van der Waals surface area contributed by atoms with E-state index in [9.17, 15) is 18.3 Å². The third-order valence-electron chi connectivity index (χ3n) is 3.05. The number of aliphatic hydroxyl groups is 1. The molecule has 0 saturated carbocycles. The number of nitrogen functional groups attached to an aromatic ring is 1. The number of β-amino-alcohol motifs (C(OH)–C–C–N with tert-alkyl or cyclic N) is 1. The van der Waals surface area contributed by atoms with Crippen LogP contribution in [0.4, 0.5) is 5.69 Å². The van der Waals surface area contributed by atoms with E-state index in [1.165, 1.54) is 23.1 Å². The van der Waals surface area contributed by atoms with Gasteiger partial charge in [0.05, 0.1) is 11.0 Å². The van der Waals surface area contributed by atoms with E-state index in [1.807, 2.05) is 0 Å². The van der Waals surface area contributed by atoms with E-state index in [0.717, 1.165) is 6.26 Å². The Morgan fingerprint density at radius 2 is 2.11 bits per heavy atom. The van der Waals surface area contributed by atoms with Crippen LogP contribution in [0.25, 0.3) is 0 Å². The Bertz CT molecular complexity index is 612.